The molecule has 0 atom stereocenters. The quantitative estimate of drug-likeness (QED) is 0.830. The third kappa shape index (κ3) is 3.57. The molecule has 2 rings (SSSR count). The molecule has 4 nitrogen and oxygen atoms in total. The summed E-state index contributed by atoms with van der Waals surface area (Å²) in [7, 11) is 0. The van der Waals surface area contributed by atoms with Crippen molar-refractivity contribution in [3.05, 3.63) is 23.8 Å². The second kappa shape index (κ2) is 7.16. The smallest absolute Gasteiger partial charge is 0.163 e. The van der Waals surface area contributed by atoms with Gasteiger partial charge in [-0.05, 0) is 44.9 Å². The predicted octanol–water partition coefficient (Wildman–Crippen LogP) is 4.16. The first-order chi connectivity index (χ1) is 10.2. The highest BCUT2D eigenvalue weighted by Gasteiger charge is 2.10. The number of benzene rings is 1. The molecule has 0 aliphatic heterocycles. The number of aryl methyl sites for hydroxylation is 1. The largest absolute Gasteiger partial charge is 0.490 e. The van der Waals surface area contributed by atoms with Crippen molar-refractivity contribution in [1.29, 1.82) is 0 Å². The maximum absolute atomic E-state index is 5.66. The summed E-state index contributed by atoms with van der Waals surface area (Å²) < 4.78 is 11.3. The first-order valence-corrected chi connectivity index (χ1v) is 7.64. The second-order valence-corrected chi connectivity index (χ2v) is 4.94. The van der Waals surface area contributed by atoms with Crippen LogP contribution in [0.1, 0.15) is 32.8 Å². The summed E-state index contributed by atoms with van der Waals surface area (Å²) in [5, 5.41) is 4.43. The Bertz CT molecular complexity index is 611. The lowest BCUT2D eigenvalue weighted by molar-refractivity contribution is 0.288. The number of fused-ring (bicyclic) bond motifs is 1. The van der Waals surface area contributed by atoms with E-state index >= 15 is 0 Å². The van der Waals surface area contributed by atoms with E-state index in [0.29, 0.717) is 13.2 Å². The number of pyridine rings is 1. The average Bonchev–Trinajstić information content (AvgIpc) is 2.47. The molecular weight excluding hydrogens is 264 g/mol. The summed E-state index contributed by atoms with van der Waals surface area (Å²) in [4.78, 5) is 4.71. The van der Waals surface area contributed by atoms with Gasteiger partial charge in [0, 0.05) is 18.0 Å². The molecule has 0 aliphatic rings. The molecule has 0 aliphatic carbocycles. The van der Waals surface area contributed by atoms with Gasteiger partial charge in [0.15, 0.2) is 11.5 Å². The number of aromatic nitrogens is 1. The minimum atomic E-state index is 0.610. The highest BCUT2D eigenvalue weighted by Crippen LogP contribution is 2.33. The lowest BCUT2D eigenvalue weighted by Crippen LogP contribution is -2.04. The van der Waals surface area contributed by atoms with Crippen LogP contribution in [-0.2, 0) is 0 Å². The van der Waals surface area contributed by atoms with Crippen molar-refractivity contribution in [2.24, 2.45) is 0 Å². The Labute approximate surface area is 126 Å². The predicted molar refractivity (Wildman–Crippen MR) is 87.6 cm³/mol. The van der Waals surface area contributed by atoms with Gasteiger partial charge in [0.2, 0.25) is 0 Å². The topological polar surface area (TPSA) is 43.4 Å². The van der Waals surface area contributed by atoms with Crippen LogP contribution in [0.3, 0.4) is 0 Å². The lowest BCUT2D eigenvalue weighted by atomic mass is 10.1. The van der Waals surface area contributed by atoms with Gasteiger partial charge >= 0.3 is 0 Å². The van der Waals surface area contributed by atoms with E-state index in [9.17, 15) is 0 Å². The molecule has 0 radical (unpaired) electrons. The summed E-state index contributed by atoms with van der Waals surface area (Å²) in [6.07, 6.45) is 1.08. The van der Waals surface area contributed by atoms with Crippen molar-refractivity contribution in [3.63, 3.8) is 0 Å². The first-order valence-electron chi connectivity index (χ1n) is 7.64. The van der Waals surface area contributed by atoms with Crippen molar-refractivity contribution in [3.8, 4) is 11.5 Å². The molecule has 0 amide bonds. The van der Waals surface area contributed by atoms with E-state index in [1.54, 1.807) is 0 Å². The van der Waals surface area contributed by atoms with Crippen molar-refractivity contribution in [2.45, 2.75) is 34.1 Å². The fourth-order valence-corrected chi connectivity index (χ4v) is 2.25. The fraction of sp³-hybridized carbons (Fsp3) is 0.471. The molecule has 0 saturated carbocycles. The minimum Gasteiger partial charge on any atom is -0.490 e. The van der Waals surface area contributed by atoms with Crippen LogP contribution in [0.25, 0.3) is 10.9 Å². The Morgan fingerprint density at radius 3 is 2.29 bits per heavy atom. The van der Waals surface area contributed by atoms with Crippen molar-refractivity contribution >= 4 is 16.7 Å². The van der Waals surface area contributed by atoms with Gasteiger partial charge in [0.1, 0.15) is 5.82 Å². The lowest BCUT2D eigenvalue weighted by Gasteiger charge is -2.14. The average molecular weight is 288 g/mol. The maximum atomic E-state index is 5.66. The zero-order valence-electron chi connectivity index (χ0n) is 13.3. The highest BCUT2D eigenvalue weighted by atomic mass is 16.5. The number of nitrogens with zero attached hydrogens (tertiary/aromatic N) is 1. The first kappa shape index (κ1) is 15.4. The number of hydrogen-bond donors (Lipinski definition) is 1. The summed E-state index contributed by atoms with van der Waals surface area (Å²) >= 11 is 0. The standard InChI is InChI=1S/C17H24N2O2/c1-5-8-18-17-12(4)9-13-10-15(20-6-2)16(21-7-3)11-14(13)19-17/h9-11H,5-8H2,1-4H3,(H,18,19). The summed E-state index contributed by atoms with van der Waals surface area (Å²) in [5.74, 6) is 2.47. The van der Waals surface area contributed by atoms with Gasteiger partial charge in [0.25, 0.3) is 0 Å². The fourth-order valence-electron chi connectivity index (χ4n) is 2.25. The van der Waals surface area contributed by atoms with Crippen LogP contribution >= 0.6 is 0 Å². The third-order valence-electron chi connectivity index (χ3n) is 3.21. The van der Waals surface area contributed by atoms with Gasteiger partial charge < -0.3 is 14.8 Å². The molecule has 1 aromatic heterocycles. The van der Waals surface area contributed by atoms with E-state index in [1.807, 2.05) is 26.0 Å². The van der Waals surface area contributed by atoms with Gasteiger partial charge in [-0.3, -0.25) is 0 Å². The van der Waals surface area contributed by atoms with Crippen LogP contribution in [0.4, 0.5) is 5.82 Å². The van der Waals surface area contributed by atoms with E-state index in [1.165, 1.54) is 0 Å². The number of hydrogen-bond acceptors (Lipinski definition) is 4. The Hall–Kier alpha value is -1.97. The summed E-state index contributed by atoms with van der Waals surface area (Å²) in [6, 6.07) is 6.10. The molecule has 4 heteroatoms. The van der Waals surface area contributed by atoms with Gasteiger partial charge in [-0.1, -0.05) is 6.92 Å². The van der Waals surface area contributed by atoms with E-state index < -0.39 is 0 Å². The summed E-state index contributed by atoms with van der Waals surface area (Å²) in [5.41, 5.74) is 2.06. The monoisotopic (exact) mass is 288 g/mol. The molecule has 0 fully saturated rings. The van der Waals surface area contributed by atoms with Crippen LogP contribution in [0.15, 0.2) is 18.2 Å². The number of nitrogens with one attached hydrogen (secondary N) is 1. The Morgan fingerprint density at radius 1 is 1.00 bits per heavy atom. The second-order valence-electron chi connectivity index (χ2n) is 4.94. The normalized spacial score (nSPS) is 10.7. The summed E-state index contributed by atoms with van der Waals surface area (Å²) in [6.45, 7) is 10.3. The van der Waals surface area contributed by atoms with Crippen LogP contribution < -0.4 is 14.8 Å². The van der Waals surface area contributed by atoms with Gasteiger partial charge in [-0.15, -0.1) is 0 Å². The Balaban J connectivity index is 2.47. The van der Waals surface area contributed by atoms with Crippen LogP contribution in [-0.4, -0.2) is 24.7 Å². The number of anilines is 1. The van der Waals surface area contributed by atoms with Gasteiger partial charge in [0.05, 0.1) is 18.7 Å². The molecule has 1 aromatic carbocycles. The molecule has 114 valence electrons. The molecule has 0 unspecified atom stereocenters. The van der Waals surface area contributed by atoms with Gasteiger partial charge in [-0.2, -0.15) is 0 Å². The molecule has 2 aromatic rings. The molecule has 0 saturated heterocycles. The minimum absolute atomic E-state index is 0.610. The SMILES string of the molecule is CCCNc1nc2cc(OCC)c(OCC)cc2cc1C. The van der Waals surface area contributed by atoms with Crippen LogP contribution in [0.5, 0.6) is 11.5 Å². The molecule has 1 heterocycles. The Kier molecular flexibility index (Phi) is 5.26. The molecule has 0 bridgehead atoms. The maximum Gasteiger partial charge on any atom is 0.163 e. The zero-order valence-corrected chi connectivity index (χ0v) is 13.3. The zero-order chi connectivity index (χ0) is 15.2. The third-order valence-corrected chi connectivity index (χ3v) is 3.21. The van der Waals surface area contributed by atoms with Crippen molar-refractivity contribution in [1.82, 2.24) is 4.98 Å². The highest BCUT2D eigenvalue weighted by molar-refractivity contribution is 5.85. The number of ether oxygens (including phenoxy) is 2. The van der Waals surface area contributed by atoms with Crippen molar-refractivity contribution in [2.75, 3.05) is 25.1 Å². The van der Waals surface area contributed by atoms with Gasteiger partial charge in [-0.25, -0.2) is 4.98 Å². The molecule has 0 spiro atoms. The van der Waals surface area contributed by atoms with Crippen LogP contribution in [0.2, 0.25) is 0 Å². The van der Waals surface area contributed by atoms with E-state index in [2.05, 4.69) is 25.2 Å². The molecule has 21 heavy (non-hydrogen) atoms. The van der Waals surface area contributed by atoms with Crippen molar-refractivity contribution < 1.29 is 9.47 Å². The van der Waals surface area contributed by atoms with E-state index in [-0.39, 0.29) is 0 Å². The van der Waals surface area contributed by atoms with Crippen LogP contribution in [0, 0.1) is 6.92 Å². The Morgan fingerprint density at radius 2 is 1.67 bits per heavy atom. The van der Waals surface area contributed by atoms with E-state index in [4.69, 9.17) is 14.5 Å². The molecular formula is C17H24N2O2. The van der Waals surface area contributed by atoms with E-state index in [0.717, 1.165) is 46.7 Å². The number of rotatable bonds is 7. The molecule has 1 N–H and O–H groups in total.